The van der Waals surface area contributed by atoms with E-state index >= 15 is 0 Å². The Labute approximate surface area is 253 Å². The van der Waals surface area contributed by atoms with Crippen LogP contribution >= 0.6 is 11.3 Å². The number of rotatable bonds is 8. The van der Waals surface area contributed by atoms with E-state index in [2.05, 4.69) is 0 Å². The van der Waals surface area contributed by atoms with Crippen LogP contribution in [-0.4, -0.2) is 43.1 Å². The van der Waals surface area contributed by atoms with Crippen molar-refractivity contribution in [3.63, 3.8) is 0 Å². The SMILES string of the molecule is CCOC(=O)C1=C(c2ccccc2)N=c2s/c(=C\c3cc4c(cc3[N+](=O)[O-])OCO4)c(=O)n2[C@@H]1c1ccc(OC)c(OC)c1. The number of carbonyl (C=O) groups is 1. The van der Waals surface area contributed by atoms with Crippen LogP contribution in [0.25, 0.3) is 11.8 Å². The van der Waals surface area contributed by atoms with Crippen LogP contribution in [0.1, 0.15) is 29.7 Å². The van der Waals surface area contributed by atoms with Crippen molar-refractivity contribution in [3.05, 3.63) is 113 Å². The first-order valence-electron chi connectivity index (χ1n) is 13.4. The van der Waals surface area contributed by atoms with Crippen molar-refractivity contribution in [2.45, 2.75) is 13.0 Å². The van der Waals surface area contributed by atoms with Crippen molar-refractivity contribution >= 4 is 34.8 Å². The number of esters is 1. The maximum absolute atomic E-state index is 14.2. The lowest BCUT2D eigenvalue weighted by Crippen LogP contribution is -2.40. The fourth-order valence-corrected chi connectivity index (χ4v) is 6.13. The number of nitrogens with zero attached hydrogens (tertiary/aromatic N) is 3. The van der Waals surface area contributed by atoms with Crippen LogP contribution in [0.5, 0.6) is 23.0 Å². The van der Waals surface area contributed by atoms with Gasteiger partial charge in [0.2, 0.25) is 6.79 Å². The van der Waals surface area contributed by atoms with Crippen molar-refractivity contribution in [2.24, 2.45) is 4.99 Å². The van der Waals surface area contributed by atoms with E-state index in [9.17, 15) is 19.7 Å². The fourth-order valence-electron chi connectivity index (χ4n) is 5.14. The van der Waals surface area contributed by atoms with E-state index in [1.807, 2.05) is 30.3 Å². The molecular weight excluding hydrogens is 590 g/mol. The summed E-state index contributed by atoms with van der Waals surface area (Å²) in [5, 5.41) is 11.9. The lowest BCUT2D eigenvalue weighted by Gasteiger charge is -2.26. The summed E-state index contributed by atoms with van der Waals surface area (Å²) in [6, 6.07) is 16.0. The molecule has 44 heavy (non-hydrogen) atoms. The van der Waals surface area contributed by atoms with Crippen LogP contribution in [0, 0.1) is 10.1 Å². The second-order valence-electron chi connectivity index (χ2n) is 9.57. The number of thiazole rings is 1. The molecule has 13 heteroatoms. The van der Waals surface area contributed by atoms with Gasteiger partial charge in [0.1, 0.15) is 0 Å². The maximum Gasteiger partial charge on any atom is 0.338 e. The van der Waals surface area contributed by atoms with Crippen molar-refractivity contribution in [2.75, 3.05) is 27.6 Å². The van der Waals surface area contributed by atoms with Gasteiger partial charge >= 0.3 is 5.97 Å². The van der Waals surface area contributed by atoms with Crippen LogP contribution in [0.3, 0.4) is 0 Å². The summed E-state index contributed by atoms with van der Waals surface area (Å²) >= 11 is 1.04. The predicted molar refractivity (Wildman–Crippen MR) is 160 cm³/mol. The van der Waals surface area contributed by atoms with E-state index in [4.69, 9.17) is 28.7 Å². The van der Waals surface area contributed by atoms with E-state index in [0.717, 1.165) is 11.3 Å². The van der Waals surface area contributed by atoms with Gasteiger partial charge < -0.3 is 23.7 Å². The number of nitro groups is 1. The van der Waals surface area contributed by atoms with Crippen LogP contribution in [0.4, 0.5) is 5.69 Å². The van der Waals surface area contributed by atoms with E-state index in [-0.39, 0.29) is 45.3 Å². The molecule has 0 N–H and O–H groups in total. The first kappa shape index (κ1) is 28.7. The van der Waals surface area contributed by atoms with Crippen LogP contribution in [0.2, 0.25) is 0 Å². The molecule has 0 spiro atoms. The quantitative estimate of drug-likeness (QED) is 0.165. The molecule has 0 bridgehead atoms. The summed E-state index contributed by atoms with van der Waals surface area (Å²) in [5.41, 5.74) is 1.06. The summed E-state index contributed by atoms with van der Waals surface area (Å²) in [6.07, 6.45) is 1.42. The number of carbonyl (C=O) groups excluding carboxylic acids is 1. The highest BCUT2D eigenvalue weighted by molar-refractivity contribution is 7.07. The van der Waals surface area contributed by atoms with Crippen molar-refractivity contribution < 1.29 is 33.4 Å². The number of fused-ring (bicyclic) bond motifs is 2. The average molecular weight is 616 g/mol. The molecule has 6 rings (SSSR count). The smallest absolute Gasteiger partial charge is 0.338 e. The molecule has 0 saturated carbocycles. The summed E-state index contributed by atoms with van der Waals surface area (Å²) in [4.78, 5) is 44.3. The highest BCUT2D eigenvalue weighted by atomic mass is 32.1. The Morgan fingerprint density at radius 2 is 1.82 bits per heavy atom. The topological polar surface area (TPSA) is 141 Å². The molecule has 2 aliphatic heterocycles. The lowest BCUT2D eigenvalue weighted by molar-refractivity contribution is -0.385. The third-order valence-corrected chi connectivity index (χ3v) is 8.09. The third-order valence-electron chi connectivity index (χ3n) is 7.10. The normalized spacial score (nSPS) is 15.4. The summed E-state index contributed by atoms with van der Waals surface area (Å²) < 4.78 is 28.7. The van der Waals surface area contributed by atoms with Gasteiger partial charge in [-0.1, -0.05) is 47.7 Å². The predicted octanol–water partition coefficient (Wildman–Crippen LogP) is 3.59. The zero-order chi connectivity index (χ0) is 31.0. The Morgan fingerprint density at radius 3 is 2.50 bits per heavy atom. The molecule has 0 fully saturated rings. The minimum absolute atomic E-state index is 0.0671. The van der Waals surface area contributed by atoms with Crippen molar-refractivity contribution in [3.8, 4) is 23.0 Å². The molecule has 2 aliphatic rings. The highest BCUT2D eigenvalue weighted by Gasteiger charge is 2.36. The molecule has 1 aromatic heterocycles. The van der Waals surface area contributed by atoms with Crippen LogP contribution in [-0.2, 0) is 9.53 Å². The Balaban J connectivity index is 1.66. The molecule has 224 valence electrons. The Bertz CT molecular complexity index is 2020. The molecule has 4 aromatic rings. The highest BCUT2D eigenvalue weighted by Crippen LogP contribution is 2.40. The van der Waals surface area contributed by atoms with Gasteiger partial charge in [-0.15, -0.1) is 0 Å². The summed E-state index contributed by atoms with van der Waals surface area (Å²) in [5.74, 6) is 0.785. The number of ether oxygens (including phenoxy) is 5. The first-order chi connectivity index (χ1) is 21.3. The second kappa shape index (κ2) is 11.7. The Morgan fingerprint density at radius 1 is 1.09 bits per heavy atom. The average Bonchev–Trinajstić information content (AvgIpc) is 3.63. The number of hydrogen-bond acceptors (Lipinski definition) is 11. The molecule has 0 aliphatic carbocycles. The molecule has 3 aromatic carbocycles. The number of methoxy groups -OCH3 is 2. The second-order valence-corrected chi connectivity index (χ2v) is 10.6. The molecule has 0 saturated heterocycles. The van der Waals surface area contributed by atoms with Gasteiger partial charge in [0.05, 0.1) is 59.2 Å². The molecule has 3 heterocycles. The number of nitro benzene ring substituents is 1. The molecular formula is C31H25N3O9S. The molecule has 1 atom stereocenters. The van der Waals surface area contributed by atoms with Crippen LogP contribution in [0.15, 0.2) is 76.0 Å². The Kier molecular flexibility index (Phi) is 7.62. The minimum Gasteiger partial charge on any atom is -0.493 e. The van der Waals surface area contributed by atoms with Gasteiger partial charge in [0.25, 0.3) is 11.2 Å². The zero-order valence-electron chi connectivity index (χ0n) is 23.8. The van der Waals surface area contributed by atoms with Gasteiger partial charge in [-0.05, 0) is 36.8 Å². The molecule has 12 nitrogen and oxygen atoms in total. The van der Waals surface area contributed by atoms with Gasteiger partial charge in [0, 0.05) is 5.56 Å². The lowest BCUT2D eigenvalue weighted by atomic mass is 9.93. The summed E-state index contributed by atoms with van der Waals surface area (Å²) in [6.45, 7) is 1.73. The van der Waals surface area contributed by atoms with E-state index in [1.54, 1.807) is 25.1 Å². The van der Waals surface area contributed by atoms with Gasteiger partial charge in [-0.2, -0.15) is 0 Å². The standard InChI is InChI=1S/C31H25N3O9S/c1-4-41-30(36)26-27(17-8-6-5-7-9-17)32-31-33(28(26)18-10-11-21(39-2)22(12-18)40-3)29(35)25(44-31)14-19-13-23-24(43-16-42-23)15-20(19)34(37)38/h5-15,28H,4,16H2,1-3H3/b25-14-/t28-/m1/s1. The number of aromatic nitrogens is 1. The largest absolute Gasteiger partial charge is 0.493 e. The third kappa shape index (κ3) is 4.96. The molecule has 0 amide bonds. The van der Waals surface area contributed by atoms with Crippen molar-refractivity contribution in [1.29, 1.82) is 0 Å². The first-order valence-corrected chi connectivity index (χ1v) is 14.2. The summed E-state index contributed by atoms with van der Waals surface area (Å²) in [7, 11) is 3.00. The van der Waals surface area contributed by atoms with Gasteiger partial charge in [-0.3, -0.25) is 19.5 Å². The van der Waals surface area contributed by atoms with Gasteiger partial charge in [-0.25, -0.2) is 9.79 Å². The zero-order valence-corrected chi connectivity index (χ0v) is 24.6. The Hall–Kier alpha value is -5.43. The van der Waals surface area contributed by atoms with E-state index < -0.39 is 22.5 Å². The monoisotopic (exact) mass is 615 g/mol. The van der Waals surface area contributed by atoms with E-state index in [0.29, 0.717) is 34.1 Å². The molecule has 0 radical (unpaired) electrons. The number of benzene rings is 3. The maximum atomic E-state index is 14.2. The fraction of sp³-hybridized carbons (Fsp3) is 0.194. The van der Waals surface area contributed by atoms with Crippen molar-refractivity contribution in [1.82, 2.24) is 4.57 Å². The van der Waals surface area contributed by atoms with E-state index in [1.165, 1.54) is 37.0 Å². The van der Waals surface area contributed by atoms with Crippen LogP contribution < -0.4 is 33.8 Å². The molecule has 0 unspecified atom stereocenters. The number of hydrogen-bond donors (Lipinski definition) is 0. The minimum atomic E-state index is -0.978. The van der Waals surface area contributed by atoms with Gasteiger partial charge in [0.15, 0.2) is 27.8 Å².